The third kappa shape index (κ3) is 29.7. The van der Waals surface area contributed by atoms with Crippen LogP contribution >= 0.6 is 176 Å². The minimum absolute atomic E-state index is 0.0105. The van der Waals surface area contributed by atoms with Crippen molar-refractivity contribution >= 4 is 252 Å². The Hall–Kier alpha value is -6.72. The molecule has 147 heavy (non-hydrogen) atoms. The lowest BCUT2D eigenvalue weighted by atomic mass is 9.98. The standard InChI is InChI=1S/3C18H19O2P3.2C18H18O2P2.2C12H15O2P3/c19-16-7-17(13-3-1-11(8-21)2-4-13)20-18-14(10-23)5-12(9-22)6-15(16)18;19-17-7-15(10-23)18-14(9-22)5-13(6-16(18)20-17)12-3-1-11(8-21)2-4-12;19-17-7-15(10-23)20-18-14(9-22)5-13(6-16(17)18)12-3-1-11(8-21)2-4-12;1-11-6-17(19)20-16-8-14(7-15(10-22)18(11)16)13-4-2-12(9-21)3-5-13;1-11-2-4-13(5-3-11)17-8-16(19)15-7-12(9-21)6-14(10-22)18(15)20-17;13-11-3-8(5-16)10-2-7(4-15)1-9(6-17)12(10)14-11;13-11-3-9(6-17)12-8(5-16)1-7(4-15)2-10(12)14-11/h3*1-7H,8-10,21-23H2;2*2-8H,9-10,21-22H2,1H3;2*1-3H,4-6,15-17H2. The number of benzene rings is 12. The highest BCUT2D eigenvalue weighted by molar-refractivity contribution is 7.18. The first kappa shape index (κ1) is 117. The molecule has 758 valence electrons. The van der Waals surface area contributed by atoms with Crippen LogP contribution < -0.4 is 38.8 Å². The van der Waals surface area contributed by atoms with Crippen LogP contribution in [0.15, 0.2) is 313 Å². The van der Waals surface area contributed by atoms with Crippen LogP contribution in [0.3, 0.4) is 0 Å². The van der Waals surface area contributed by atoms with E-state index in [9.17, 15) is 33.6 Å². The average molecular weight is 2310 g/mol. The molecule has 7 heterocycles. The zero-order valence-electron chi connectivity index (χ0n) is 81.8. The van der Waals surface area contributed by atoms with Gasteiger partial charge in [0.05, 0.1) is 16.2 Å². The van der Waals surface area contributed by atoms with Crippen LogP contribution in [0.2, 0.25) is 0 Å². The zero-order valence-corrected chi connectivity index (χ0v) is 104. The van der Waals surface area contributed by atoms with Gasteiger partial charge in [-0.3, -0.25) is 14.4 Å². The predicted molar refractivity (Wildman–Crippen MR) is 689 cm³/mol. The van der Waals surface area contributed by atoms with E-state index in [1.54, 1.807) is 42.5 Å². The lowest BCUT2D eigenvalue weighted by Gasteiger charge is -2.11. The second-order valence-corrected chi connectivity index (χ2v) is 42.4. The molecule has 19 unspecified atom stereocenters. The molecule has 0 fully saturated rings. The van der Waals surface area contributed by atoms with E-state index in [1.807, 2.05) is 86.6 Å². The van der Waals surface area contributed by atoms with Gasteiger partial charge in [0.1, 0.15) is 56.4 Å². The molecule has 0 N–H and O–H groups in total. The highest BCUT2D eigenvalue weighted by Crippen LogP contribution is 2.39. The Kier molecular flexibility index (Phi) is 45.5. The highest BCUT2D eigenvalue weighted by atomic mass is 31.0. The smallest absolute Gasteiger partial charge is 0.336 e. The molecule has 0 saturated heterocycles. The van der Waals surface area contributed by atoms with Gasteiger partial charge in [0.2, 0.25) is 0 Å². The number of hydrogen-bond donors (Lipinski definition) is 0. The average Bonchev–Trinajstić information content (AvgIpc) is 0.804. The SMILES string of the molecule is Cc1cc(=O)oc2cc(-c3ccc(CP)cc3)cc(CP)c12.Cc1ccc(-c2cc(=O)c3cc(CP)cc(CP)c3o2)cc1.O=c1cc(-c2ccc(CP)cc2)oc2c(CP)cc(CP)cc12.O=c1cc(CP)c2c(CP)cc(-c3ccc(CP)cc3)cc2o1.O=c1cc(CP)c2c(CP)cc(CP)cc2o1.O=c1cc(CP)c2cc(CP)cc(CP)c2o1.O=c1cc(CP)oc2c(CP)cc(-c3ccc(CP)cc3)cc12. The van der Waals surface area contributed by atoms with Crippen molar-refractivity contribution in [2.75, 3.05) is 0 Å². The molecule has 0 amide bonds. The van der Waals surface area contributed by atoms with Crippen molar-refractivity contribution in [1.29, 1.82) is 0 Å². The summed E-state index contributed by atoms with van der Waals surface area (Å²) in [4.78, 5) is 83.9. The fourth-order valence-corrected chi connectivity index (χ4v) is 22.6. The van der Waals surface area contributed by atoms with Crippen LogP contribution in [-0.2, 0) is 117 Å². The molecule has 19 atom stereocenters. The monoisotopic (exact) mass is 2300 g/mol. The number of hydrogen-bond acceptors (Lipinski definition) is 14. The van der Waals surface area contributed by atoms with E-state index in [4.69, 9.17) is 30.9 Å². The maximum absolute atomic E-state index is 12.6. The first-order valence-electron chi connectivity index (χ1n) is 47.5. The van der Waals surface area contributed by atoms with E-state index >= 15 is 0 Å². The molecule has 0 aliphatic rings. The number of fused-ring (bicyclic) bond motifs is 7. The first-order chi connectivity index (χ1) is 71.1. The topological polar surface area (TPSA) is 211 Å². The second kappa shape index (κ2) is 56.9. The molecule has 0 spiro atoms. The molecule has 19 rings (SSSR count). The van der Waals surface area contributed by atoms with Crippen LogP contribution in [0.5, 0.6) is 0 Å². The van der Waals surface area contributed by atoms with Gasteiger partial charge in [-0.1, -0.05) is 151 Å². The molecule has 12 aromatic carbocycles. The lowest BCUT2D eigenvalue weighted by molar-refractivity contribution is 0.557. The van der Waals surface area contributed by atoms with Crippen molar-refractivity contribution in [3.05, 3.63) is 438 Å². The Labute approximate surface area is 901 Å². The Morgan fingerprint density at radius 2 is 0.456 bits per heavy atom. The summed E-state index contributed by atoms with van der Waals surface area (Å²) in [6, 6.07) is 81.3. The van der Waals surface area contributed by atoms with Gasteiger partial charge >= 0.3 is 22.5 Å². The molecule has 14 nitrogen and oxygen atoms in total. The van der Waals surface area contributed by atoms with Crippen molar-refractivity contribution in [3.8, 4) is 56.0 Å². The van der Waals surface area contributed by atoms with E-state index in [0.29, 0.717) is 73.1 Å². The third-order valence-corrected chi connectivity index (χ3v) is 33.4. The van der Waals surface area contributed by atoms with Crippen LogP contribution in [0.1, 0.15) is 117 Å². The normalized spacial score (nSPS) is 11.1. The minimum Gasteiger partial charge on any atom is -0.460 e. The van der Waals surface area contributed by atoms with E-state index in [2.05, 4.69) is 309 Å². The minimum atomic E-state index is -0.296. The van der Waals surface area contributed by atoms with Gasteiger partial charge in [-0.05, 0) is 325 Å². The first-order valence-corrected chi connectivity index (χ1v) is 63.0. The Morgan fingerprint density at radius 1 is 0.184 bits per heavy atom. The second-order valence-electron chi connectivity index (χ2n) is 34.6. The van der Waals surface area contributed by atoms with Gasteiger partial charge in [0.15, 0.2) is 16.3 Å². The number of aryl methyl sites for hydroxylation is 2. The van der Waals surface area contributed by atoms with Gasteiger partial charge < -0.3 is 30.9 Å². The molecular formula is C114H123O14P19. The summed E-state index contributed by atoms with van der Waals surface area (Å²) >= 11 is 0. The summed E-state index contributed by atoms with van der Waals surface area (Å²) in [5, 5.41) is 6.20. The number of rotatable bonds is 24. The van der Waals surface area contributed by atoms with Crippen LogP contribution in [-0.4, -0.2) is 0 Å². The Balaban J connectivity index is 0.000000144. The van der Waals surface area contributed by atoms with Gasteiger partial charge in [-0.2, -0.15) is 0 Å². The molecule has 0 aliphatic carbocycles. The van der Waals surface area contributed by atoms with Gasteiger partial charge in [-0.15, -0.1) is 176 Å². The fourth-order valence-electron chi connectivity index (χ4n) is 17.2. The molecule has 33 heteroatoms. The van der Waals surface area contributed by atoms with Crippen molar-refractivity contribution in [2.45, 2.75) is 131 Å². The van der Waals surface area contributed by atoms with Crippen LogP contribution in [0.4, 0.5) is 0 Å². The lowest BCUT2D eigenvalue weighted by Crippen LogP contribution is -2.03. The summed E-state index contributed by atoms with van der Waals surface area (Å²) < 4.78 is 39.6. The van der Waals surface area contributed by atoms with Gasteiger partial charge in [-0.25, -0.2) is 19.2 Å². The summed E-state index contributed by atoms with van der Waals surface area (Å²) in [6.45, 7) is 3.99. The highest BCUT2D eigenvalue weighted by Gasteiger charge is 2.21. The van der Waals surface area contributed by atoms with E-state index in [0.717, 1.165) is 238 Å². The predicted octanol–water partition coefficient (Wildman–Crippen LogP) is 28.6. The fraction of sp³-hybridized carbons (Fsp3) is 0.184. The van der Waals surface area contributed by atoms with E-state index < -0.39 is 0 Å². The maximum atomic E-state index is 12.6. The maximum Gasteiger partial charge on any atom is 0.336 e. The summed E-state index contributed by atoms with van der Waals surface area (Å²) in [5.74, 6) is 1.94. The zero-order chi connectivity index (χ0) is 105. The van der Waals surface area contributed by atoms with Crippen molar-refractivity contribution in [3.63, 3.8) is 0 Å². The quantitative estimate of drug-likeness (QED) is 0.0407. The van der Waals surface area contributed by atoms with E-state index in [1.165, 1.54) is 55.6 Å². The van der Waals surface area contributed by atoms with E-state index in [-0.39, 0.29) is 38.8 Å². The van der Waals surface area contributed by atoms with Gasteiger partial charge in [0.25, 0.3) is 0 Å². The molecular weight excluding hydrogens is 2180 g/mol. The molecule has 0 bridgehead atoms. The molecule has 19 aromatic rings. The van der Waals surface area contributed by atoms with Crippen LogP contribution in [0.25, 0.3) is 133 Å². The molecule has 0 aliphatic heterocycles. The Morgan fingerprint density at radius 3 is 0.844 bits per heavy atom. The molecule has 0 saturated carbocycles. The molecule has 0 radical (unpaired) electrons. The summed E-state index contributed by atoms with van der Waals surface area (Å²) in [6.07, 6.45) is 15.6. The van der Waals surface area contributed by atoms with Crippen molar-refractivity contribution < 1.29 is 30.9 Å². The Bertz CT molecular complexity index is 8400. The van der Waals surface area contributed by atoms with Crippen LogP contribution in [0, 0.1) is 13.8 Å². The van der Waals surface area contributed by atoms with Crippen molar-refractivity contribution in [2.24, 2.45) is 0 Å². The summed E-state index contributed by atoms with van der Waals surface area (Å²) in [7, 11) is 51.4. The summed E-state index contributed by atoms with van der Waals surface area (Å²) in [5.41, 5.74) is 34.9. The third-order valence-electron chi connectivity index (χ3n) is 24.9. The molecule has 7 aromatic heterocycles. The van der Waals surface area contributed by atoms with Crippen molar-refractivity contribution in [1.82, 2.24) is 0 Å². The largest absolute Gasteiger partial charge is 0.460 e. The van der Waals surface area contributed by atoms with Gasteiger partial charge in [0, 0.05) is 81.3 Å².